The van der Waals surface area contributed by atoms with Gasteiger partial charge < -0.3 is 9.47 Å². The third-order valence-electron chi connectivity index (χ3n) is 4.12. The van der Waals surface area contributed by atoms with Crippen molar-refractivity contribution in [1.29, 1.82) is 0 Å². The Balaban J connectivity index is 2.04. The van der Waals surface area contributed by atoms with Crippen LogP contribution >= 0.6 is 0 Å². The summed E-state index contributed by atoms with van der Waals surface area (Å²) >= 11 is 0. The molecule has 1 heterocycles. The van der Waals surface area contributed by atoms with E-state index in [0.717, 1.165) is 11.1 Å². The molecule has 1 saturated heterocycles. The van der Waals surface area contributed by atoms with Crippen molar-refractivity contribution in [3.63, 3.8) is 0 Å². The normalized spacial score (nSPS) is 20.1. The zero-order chi connectivity index (χ0) is 13.1. The standard InChI is InChI=1S/C16H14O3/c1-17-16(18-2)15(19-16)13-9-5-3-7-11(13)12-8-4-6-10-14(12)15/h3-10H,1-2H3. The molecule has 0 unspecified atom stereocenters. The van der Waals surface area contributed by atoms with Gasteiger partial charge in [0.1, 0.15) is 0 Å². The Kier molecular flexibility index (Phi) is 2.03. The minimum Gasteiger partial charge on any atom is -0.328 e. The van der Waals surface area contributed by atoms with E-state index in [0.29, 0.717) is 0 Å². The number of rotatable bonds is 2. The van der Waals surface area contributed by atoms with Gasteiger partial charge in [0.15, 0.2) is 0 Å². The highest BCUT2D eigenvalue weighted by atomic mass is 17.0. The average Bonchev–Trinajstić information content (AvgIpc) is 3.09. The van der Waals surface area contributed by atoms with Gasteiger partial charge in [0.05, 0.1) is 0 Å². The fourth-order valence-corrected chi connectivity index (χ4v) is 3.27. The van der Waals surface area contributed by atoms with Crippen molar-refractivity contribution in [3.05, 3.63) is 59.7 Å². The van der Waals surface area contributed by atoms with Crippen LogP contribution in [0.1, 0.15) is 11.1 Å². The number of hydrogen-bond donors (Lipinski definition) is 0. The molecule has 2 aromatic rings. The predicted octanol–water partition coefficient (Wildman–Crippen LogP) is 2.89. The first kappa shape index (κ1) is 11.2. The predicted molar refractivity (Wildman–Crippen MR) is 70.5 cm³/mol. The minimum absolute atomic E-state index is 0.621. The lowest BCUT2D eigenvalue weighted by molar-refractivity contribution is -0.198. The molecule has 0 bridgehead atoms. The van der Waals surface area contributed by atoms with E-state index in [4.69, 9.17) is 14.2 Å². The third-order valence-corrected chi connectivity index (χ3v) is 4.12. The number of ether oxygens (including phenoxy) is 3. The van der Waals surface area contributed by atoms with Gasteiger partial charge in [-0.05, 0) is 11.1 Å². The highest BCUT2D eigenvalue weighted by molar-refractivity contribution is 5.82. The van der Waals surface area contributed by atoms with Gasteiger partial charge >= 0.3 is 5.97 Å². The van der Waals surface area contributed by atoms with Gasteiger partial charge in [-0.2, -0.15) is 0 Å². The lowest BCUT2D eigenvalue weighted by atomic mass is 9.95. The Morgan fingerprint density at radius 1 is 0.789 bits per heavy atom. The summed E-state index contributed by atoms with van der Waals surface area (Å²) in [5.41, 5.74) is 3.98. The molecular formula is C16H14O3. The third kappa shape index (κ3) is 1.09. The van der Waals surface area contributed by atoms with Crippen LogP contribution in [-0.2, 0) is 19.8 Å². The van der Waals surface area contributed by atoms with Crippen molar-refractivity contribution < 1.29 is 14.2 Å². The molecule has 0 amide bonds. The van der Waals surface area contributed by atoms with Gasteiger partial charge in [-0.15, -0.1) is 0 Å². The number of methoxy groups -OCH3 is 2. The number of benzene rings is 2. The zero-order valence-corrected chi connectivity index (χ0v) is 10.8. The van der Waals surface area contributed by atoms with Gasteiger partial charge in [0.2, 0.25) is 5.60 Å². The van der Waals surface area contributed by atoms with Crippen LogP contribution in [0.25, 0.3) is 11.1 Å². The molecule has 1 aliphatic carbocycles. The molecule has 3 heteroatoms. The van der Waals surface area contributed by atoms with Crippen molar-refractivity contribution in [2.75, 3.05) is 14.2 Å². The molecule has 0 atom stereocenters. The van der Waals surface area contributed by atoms with E-state index in [1.54, 1.807) is 14.2 Å². The molecule has 19 heavy (non-hydrogen) atoms. The summed E-state index contributed by atoms with van der Waals surface area (Å²) in [6, 6.07) is 16.5. The molecule has 2 aromatic carbocycles. The maximum absolute atomic E-state index is 5.96. The Labute approximate surface area is 111 Å². The summed E-state index contributed by atoms with van der Waals surface area (Å²) in [7, 11) is 3.23. The molecule has 4 rings (SSSR count). The van der Waals surface area contributed by atoms with Gasteiger partial charge in [-0.3, -0.25) is 4.74 Å². The van der Waals surface area contributed by atoms with E-state index < -0.39 is 11.6 Å². The van der Waals surface area contributed by atoms with Crippen LogP contribution in [0.5, 0.6) is 0 Å². The fraction of sp³-hybridized carbons (Fsp3) is 0.250. The molecule has 96 valence electrons. The SMILES string of the molecule is COC1(OC)OC12c1ccccc1-c1ccccc12. The second-order valence-corrected chi connectivity index (χ2v) is 4.84. The van der Waals surface area contributed by atoms with Crippen LogP contribution < -0.4 is 0 Å². The summed E-state index contributed by atoms with van der Waals surface area (Å²) in [5.74, 6) is -1.00. The van der Waals surface area contributed by atoms with E-state index in [2.05, 4.69) is 24.3 Å². The number of hydrogen-bond acceptors (Lipinski definition) is 3. The van der Waals surface area contributed by atoms with E-state index in [1.807, 2.05) is 24.3 Å². The quantitative estimate of drug-likeness (QED) is 0.610. The first-order valence-corrected chi connectivity index (χ1v) is 6.29. The molecule has 3 nitrogen and oxygen atoms in total. The Bertz CT molecular complexity index is 613. The van der Waals surface area contributed by atoms with Crippen molar-refractivity contribution in [3.8, 4) is 11.1 Å². The van der Waals surface area contributed by atoms with Crippen molar-refractivity contribution >= 4 is 0 Å². The van der Waals surface area contributed by atoms with Crippen LogP contribution in [0.2, 0.25) is 0 Å². The van der Waals surface area contributed by atoms with Crippen molar-refractivity contribution in [1.82, 2.24) is 0 Å². The maximum atomic E-state index is 5.96. The molecule has 0 saturated carbocycles. The lowest BCUT2D eigenvalue weighted by Crippen LogP contribution is -2.27. The summed E-state index contributed by atoms with van der Waals surface area (Å²) in [5, 5.41) is 0. The lowest BCUT2D eigenvalue weighted by Gasteiger charge is -2.14. The van der Waals surface area contributed by atoms with E-state index in [-0.39, 0.29) is 0 Å². The molecule has 1 fully saturated rings. The molecular weight excluding hydrogens is 240 g/mol. The smallest absolute Gasteiger partial charge is 0.324 e. The molecule has 2 aliphatic rings. The minimum atomic E-state index is -1.00. The largest absolute Gasteiger partial charge is 0.328 e. The van der Waals surface area contributed by atoms with Crippen LogP contribution in [0.4, 0.5) is 0 Å². The molecule has 0 radical (unpaired) electrons. The highest BCUT2D eigenvalue weighted by Gasteiger charge is 2.78. The van der Waals surface area contributed by atoms with E-state index in [1.165, 1.54) is 11.1 Å². The first-order chi connectivity index (χ1) is 9.29. The summed E-state index contributed by atoms with van der Waals surface area (Å²) in [4.78, 5) is 0. The van der Waals surface area contributed by atoms with Crippen LogP contribution in [0.3, 0.4) is 0 Å². The van der Waals surface area contributed by atoms with Crippen LogP contribution in [0, 0.1) is 0 Å². The van der Waals surface area contributed by atoms with Crippen molar-refractivity contribution in [2.24, 2.45) is 0 Å². The van der Waals surface area contributed by atoms with Crippen molar-refractivity contribution in [2.45, 2.75) is 11.6 Å². The Hall–Kier alpha value is -1.68. The molecule has 0 N–H and O–H groups in total. The van der Waals surface area contributed by atoms with E-state index in [9.17, 15) is 0 Å². The van der Waals surface area contributed by atoms with Gasteiger partial charge in [-0.1, -0.05) is 48.5 Å². The monoisotopic (exact) mass is 254 g/mol. The molecule has 1 spiro atoms. The van der Waals surface area contributed by atoms with E-state index >= 15 is 0 Å². The van der Waals surface area contributed by atoms with Crippen LogP contribution in [-0.4, -0.2) is 20.2 Å². The maximum Gasteiger partial charge on any atom is 0.324 e. The number of epoxide rings is 1. The van der Waals surface area contributed by atoms with Gasteiger partial charge in [-0.25, -0.2) is 0 Å². The van der Waals surface area contributed by atoms with Gasteiger partial charge in [0.25, 0.3) is 0 Å². The highest BCUT2D eigenvalue weighted by Crippen LogP contribution is 2.67. The zero-order valence-electron chi connectivity index (χ0n) is 10.8. The molecule has 1 aliphatic heterocycles. The molecule has 0 aromatic heterocycles. The Morgan fingerprint density at radius 3 is 1.68 bits per heavy atom. The second-order valence-electron chi connectivity index (χ2n) is 4.84. The Morgan fingerprint density at radius 2 is 1.26 bits per heavy atom. The second kappa shape index (κ2) is 3.45. The number of fused-ring (bicyclic) bond motifs is 5. The van der Waals surface area contributed by atoms with Crippen LogP contribution in [0.15, 0.2) is 48.5 Å². The summed E-state index contributed by atoms with van der Waals surface area (Å²) in [6.45, 7) is 0. The average molecular weight is 254 g/mol. The van der Waals surface area contributed by atoms with Gasteiger partial charge in [0, 0.05) is 25.3 Å². The first-order valence-electron chi connectivity index (χ1n) is 6.29. The summed E-state index contributed by atoms with van der Waals surface area (Å²) in [6.07, 6.45) is 0. The topological polar surface area (TPSA) is 31.0 Å². The summed E-state index contributed by atoms with van der Waals surface area (Å²) < 4.78 is 17.0. The fourth-order valence-electron chi connectivity index (χ4n) is 3.27.